The quantitative estimate of drug-likeness (QED) is 0.900. The number of halogens is 1. The second-order valence-electron chi connectivity index (χ2n) is 4.90. The second kappa shape index (κ2) is 6.13. The highest BCUT2D eigenvalue weighted by Gasteiger charge is 2.32. The van der Waals surface area contributed by atoms with Crippen LogP contribution < -0.4 is 4.74 Å². The number of nitrogens with zero attached hydrogens (tertiary/aromatic N) is 1. The lowest BCUT2D eigenvalue weighted by Gasteiger charge is -2.38. The lowest BCUT2D eigenvalue weighted by atomic mass is 9.95. The number of carboxylic acids is 1. The second-order valence-corrected chi connectivity index (χ2v) is 5.33. The van der Waals surface area contributed by atoms with Gasteiger partial charge in [-0.05, 0) is 18.2 Å². The molecule has 0 bridgehead atoms. The van der Waals surface area contributed by atoms with Gasteiger partial charge in [-0.3, -0.25) is 9.59 Å². The summed E-state index contributed by atoms with van der Waals surface area (Å²) in [7, 11) is 1.55. The zero-order valence-corrected chi connectivity index (χ0v) is 11.9. The van der Waals surface area contributed by atoms with Crippen LogP contribution in [-0.4, -0.2) is 42.1 Å². The van der Waals surface area contributed by atoms with Crippen molar-refractivity contribution in [3.63, 3.8) is 0 Å². The molecule has 1 aliphatic rings. The largest absolute Gasteiger partial charge is 0.496 e. The molecule has 0 spiro atoms. The zero-order chi connectivity index (χ0) is 14.7. The normalized spacial score (nSPS) is 14.8. The van der Waals surface area contributed by atoms with Crippen LogP contribution in [-0.2, 0) is 16.0 Å². The number of amides is 1. The zero-order valence-electron chi connectivity index (χ0n) is 11.1. The van der Waals surface area contributed by atoms with E-state index < -0.39 is 5.97 Å². The highest BCUT2D eigenvalue weighted by molar-refractivity contribution is 6.30. The van der Waals surface area contributed by atoms with Gasteiger partial charge in [0.2, 0.25) is 5.91 Å². The molecule has 0 saturated carbocycles. The first-order valence-corrected chi connectivity index (χ1v) is 6.69. The standard InChI is InChI=1S/C14H16ClNO4/c1-20-12-3-2-11(15)5-10(12)6-13(17)16-7-9(8-16)4-14(18)19/h2-3,5,9H,4,6-8H2,1H3,(H,18,19). The molecular formula is C14H16ClNO4. The fraction of sp³-hybridized carbons (Fsp3) is 0.429. The summed E-state index contributed by atoms with van der Waals surface area (Å²) in [5, 5.41) is 9.23. The minimum atomic E-state index is -0.821. The van der Waals surface area contributed by atoms with Gasteiger partial charge in [-0.15, -0.1) is 0 Å². The Hall–Kier alpha value is -1.75. The fourth-order valence-electron chi connectivity index (χ4n) is 2.31. The Balaban J connectivity index is 1.93. The molecule has 0 radical (unpaired) electrons. The van der Waals surface area contributed by atoms with E-state index in [9.17, 15) is 9.59 Å². The number of carbonyl (C=O) groups excluding carboxylic acids is 1. The molecule has 1 fully saturated rings. The SMILES string of the molecule is COc1ccc(Cl)cc1CC(=O)N1CC(CC(=O)O)C1. The van der Waals surface area contributed by atoms with E-state index in [0.717, 1.165) is 5.56 Å². The maximum absolute atomic E-state index is 12.1. The number of hydrogen-bond donors (Lipinski definition) is 1. The van der Waals surface area contributed by atoms with E-state index in [2.05, 4.69) is 0 Å². The number of carboxylic acid groups (broad SMARTS) is 1. The predicted octanol–water partition coefficient (Wildman–Crippen LogP) is 1.82. The van der Waals surface area contributed by atoms with Crippen molar-refractivity contribution in [1.29, 1.82) is 0 Å². The summed E-state index contributed by atoms with van der Waals surface area (Å²) in [6.07, 6.45) is 0.327. The van der Waals surface area contributed by atoms with Crippen molar-refractivity contribution in [2.75, 3.05) is 20.2 Å². The number of hydrogen-bond acceptors (Lipinski definition) is 3. The van der Waals surface area contributed by atoms with Gasteiger partial charge in [0.1, 0.15) is 5.75 Å². The Morgan fingerprint density at radius 1 is 1.45 bits per heavy atom. The average Bonchev–Trinajstić information content (AvgIpc) is 2.33. The first kappa shape index (κ1) is 14.7. The van der Waals surface area contributed by atoms with Gasteiger partial charge >= 0.3 is 5.97 Å². The molecule has 1 aromatic rings. The summed E-state index contributed by atoms with van der Waals surface area (Å²) in [4.78, 5) is 24.3. The Kier molecular flexibility index (Phi) is 4.49. The van der Waals surface area contributed by atoms with Crippen molar-refractivity contribution in [3.05, 3.63) is 28.8 Å². The smallest absolute Gasteiger partial charge is 0.303 e. The molecule has 1 aromatic carbocycles. The van der Waals surface area contributed by atoms with Crippen molar-refractivity contribution in [1.82, 2.24) is 4.90 Å². The number of methoxy groups -OCH3 is 1. The molecule has 0 atom stereocenters. The van der Waals surface area contributed by atoms with Crippen LogP contribution in [0.15, 0.2) is 18.2 Å². The predicted molar refractivity (Wildman–Crippen MR) is 74.0 cm³/mol. The van der Waals surface area contributed by atoms with E-state index in [1.54, 1.807) is 30.2 Å². The molecule has 5 nitrogen and oxygen atoms in total. The van der Waals surface area contributed by atoms with Crippen LogP contribution in [0.1, 0.15) is 12.0 Å². The molecule has 0 aliphatic carbocycles. The minimum absolute atomic E-state index is 0.0350. The van der Waals surface area contributed by atoms with Gasteiger partial charge in [-0.1, -0.05) is 11.6 Å². The molecule has 0 aromatic heterocycles. The summed E-state index contributed by atoms with van der Waals surface area (Å²) >= 11 is 5.92. The fourth-order valence-corrected chi connectivity index (χ4v) is 2.50. The lowest BCUT2D eigenvalue weighted by Crippen LogP contribution is -2.51. The van der Waals surface area contributed by atoms with Crippen molar-refractivity contribution >= 4 is 23.5 Å². The first-order valence-electron chi connectivity index (χ1n) is 6.31. The van der Waals surface area contributed by atoms with Crippen molar-refractivity contribution in [3.8, 4) is 5.75 Å². The third-order valence-electron chi connectivity index (χ3n) is 3.36. The van der Waals surface area contributed by atoms with Gasteiger partial charge in [0.15, 0.2) is 0 Å². The Bertz CT molecular complexity index is 526. The molecule has 0 unspecified atom stereocenters. The Morgan fingerprint density at radius 3 is 2.75 bits per heavy atom. The summed E-state index contributed by atoms with van der Waals surface area (Å²) < 4.78 is 5.20. The molecule has 1 amide bonds. The van der Waals surface area contributed by atoms with Crippen molar-refractivity contribution < 1.29 is 19.4 Å². The molecule has 1 N–H and O–H groups in total. The maximum Gasteiger partial charge on any atom is 0.303 e. The number of aliphatic carboxylic acids is 1. The Morgan fingerprint density at radius 2 is 2.15 bits per heavy atom. The molecule has 108 valence electrons. The summed E-state index contributed by atoms with van der Waals surface area (Å²) in [5.41, 5.74) is 0.742. The van der Waals surface area contributed by atoms with Gasteiger partial charge in [-0.2, -0.15) is 0 Å². The van der Waals surface area contributed by atoms with Crippen LogP contribution in [0.5, 0.6) is 5.75 Å². The minimum Gasteiger partial charge on any atom is -0.496 e. The highest BCUT2D eigenvalue weighted by atomic mass is 35.5. The number of likely N-dealkylation sites (tertiary alicyclic amines) is 1. The number of benzene rings is 1. The van der Waals surface area contributed by atoms with E-state index in [1.807, 2.05) is 0 Å². The van der Waals surface area contributed by atoms with E-state index in [4.69, 9.17) is 21.4 Å². The molecule has 1 aliphatic heterocycles. The lowest BCUT2D eigenvalue weighted by molar-refractivity contribution is -0.144. The van der Waals surface area contributed by atoms with Gasteiger partial charge in [-0.25, -0.2) is 0 Å². The average molecular weight is 298 g/mol. The van der Waals surface area contributed by atoms with E-state index in [1.165, 1.54) is 0 Å². The van der Waals surface area contributed by atoms with Crippen LogP contribution in [0.2, 0.25) is 5.02 Å². The van der Waals surface area contributed by atoms with Crippen LogP contribution in [0, 0.1) is 5.92 Å². The van der Waals surface area contributed by atoms with E-state index in [0.29, 0.717) is 23.9 Å². The third kappa shape index (κ3) is 3.42. The maximum atomic E-state index is 12.1. The summed E-state index contributed by atoms with van der Waals surface area (Å²) in [6, 6.07) is 5.15. The first-order chi connectivity index (χ1) is 9.49. The summed E-state index contributed by atoms with van der Waals surface area (Å²) in [5.74, 6) is -0.158. The third-order valence-corrected chi connectivity index (χ3v) is 3.59. The monoisotopic (exact) mass is 297 g/mol. The van der Waals surface area contributed by atoms with Crippen molar-refractivity contribution in [2.24, 2.45) is 5.92 Å². The molecule has 2 rings (SSSR count). The molecule has 1 saturated heterocycles. The van der Waals surface area contributed by atoms with Crippen molar-refractivity contribution in [2.45, 2.75) is 12.8 Å². The Labute approximate surface area is 122 Å². The van der Waals surface area contributed by atoms with Gasteiger partial charge in [0.05, 0.1) is 20.0 Å². The van der Waals surface area contributed by atoms with Crippen LogP contribution in [0.25, 0.3) is 0 Å². The van der Waals surface area contributed by atoms with Gasteiger partial charge in [0.25, 0.3) is 0 Å². The van der Waals surface area contributed by atoms with E-state index >= 15 is 0 Å². The number of ether oxygens (including phenoxy) is 1. The van der Waals surface area contributed by atoms with Gasteiger partial charge < -0.3 is 14.7 Å². The molecular weight excluding hydrogens is 282 g/mol. The number of carbonyl (C=O) groups is 2. The molecule has 6 heteroatoms. The number of rotatable bonds is 5. The van der Waals surface area contributed by atoms with Crippen LogP contribution >= 0.6 is 11.6 Å². The van der Waals surface area contributed by atoms with Crippen LogP contribution in [0.3, 0.4) is 0 Å². The highest BCUT2D eigenvalue weighted by Crippen LogP contribution is 2.25. The topological polar surface area (TPSA) is 66.8 Å². The molecule has 1 heterocycles. The summed E-state index contributed by atoms with van der Waals surface area (Å²) in [6.45, 7) is 1.02. The van der Waals surface area contributed by atoms with Gasteiger partial charge in [0, 0.05) is 29.6 Å². The van der Waals surface area contributed by atoms with Crippen LogP contribution in [0.4, 0.5) is 0 Å². The van der Waals surface area contributed by atoms with E-state index in [-0.39, 0.29) is 24.7 Å². The molecule has 20 heavy (non-hydrogen) atoms.